The number of nitrogens with zero attached hydrogens (tertiary/aromatic N) is 5. The fourth-order valence-corrected chi connectivity index (χ4v) is 3.08. The van der Waals surface area contributed by atoms with E-state index in [9.17, 15) is 46.6 Å². The van der Waals surface area contributed by atoms with Crippen LogP contribution in [0.25, 0.3) is 5.69 Å². The lowest BCUT2D eigenvalue weighted by molar-refractivity contribution is -0.384. The maximum absolute atomic E-state index is 13.0. The molecule has 2 aromatic carbocycles. The van der Waals surface area contributed by atoms with Gasteiger partial charge in [-0.2, -0.15) is 36.0 Å². The fraction of sp³-hybridized carbons (Fsp3) is 0.176. The van der Waals surface area contributed by atoms with Gasteiger partial charge in [0.25, 0.3) is 11.4 Å². The summed E-state index contributed by atoms with van der Waals surface area (Å²) < 4.78 is 78.6. The molecule has 180 valence electrons. The van der Waals surface area contributed by atoms with E-state index in [1.807, 2.05) is 0 Å². The van der Waals surface area contributed by atoms with Crippen molar-refractivity contribution in [3.8, 4) is 5.69 Å². The second kappa shape index (κ2) is 8.81. The van der Waals surface area contributed by atoms with E-state index in [0.29, 0.717) is 12.1 Å². The van der Waals surface area contributed by atoms with Gasteiger partial charge in [0, 0.05) is 12.1 Å². The Bertz CT molecular complexity index is 1280. The van der Waals surface area contributed by atoms with Gasteiger partial charge in [-0.1, -0.05) is 11.8 Å². The Kier molecular flexibility index (Phi) is 6.41. The Labute approximate surface area is 188 Å². The van der Waals surface area contributed by atoms with Crippen molar-refractivity contribution in [3.05, 3.63) is 67.8 Å². The van der Waals surface area contributed by atoms with Crippen molar-refractivity contribution in [3.63, 3.8) is 0 Å². The number of nitro benzene ring substituents is 2. The second-order valence-corrected chi connectivity index (χ2v) is 7.18. The van der Waals surface area contributed by atoms with Crippen molar-refractivity contribution in [1.82, 2.24) is 14.8 Å². The number of hydrogen-bond donors (Lipinski definition) is 1. The molecule has 1 N–H and O–H groups in total. The summed E-state index contributed by atoms with van der Waals surface area (Å²) in [5.41, 5.74) is -5.53. The number of rotatable bonds is 6. The summed E-state index contributed by atoms with van der Waals surface area (Å²) in [5, 5.41) is 29.1. The molecular weight excluding hydrogens is 498 g/mol. The number of alkyl halides is 6. The summed E-state index contributed by atoms with van der Waals surface area (Å²) >= 11 is 0.931. The summed E-state index contributed by atoms with van der Waals surface area (Å²) in [7, 11) is 0. The Morgan fingerprint density at radius 1 is 0.912 bits per heavy atom. The molecule has 0 aliphatic rings. The molecule has 17 heteroatoms. The lowest BCUT2D eigenvalue weighted by Gasteiger charge is -2.12. The van der Waals surface area contributed by atoms with E-state index in [1.54, 1.807) is 0 Å². The summed E-state index contributed by atoms with van der Waals surface area (Å²) in [6.45, 7) is 0. The fourth-order valence-electron chi connectivity index (χ4n) is 2.74. The zero-order valence-electron chi connectivity index (χ0n) is 16.5. The number of thioether (sulfide) groups is 1. The Morgan fingerprint density at radius 3 is 1.94 bits per heavy atom. The van der Waals surface area contributed by atoms with Gasteiger partial charge >= 0.3 is 12.4 Å². The average Bonchev–Trinajstić information content (AvgIpc) is 3.14. The third kappa shape index (κ3) is 5.03. The van der Waals surface area contributed by atoms with E-state index in [-0.39, 0.29) is 17.3 Å². The van der Waals surface area contributed by atoms with Gasteiger partial charge in [-0.15, -0.1) is 5.10 Å². The minimum atomic E-state index is -4.88. The highest BCUT2D eigenvalue weighted by atomic mass is 32.2. The summed E-state index contributed by atoms with van der Waals surface area (Å²) in [5.74, 6) is -0.421. The minimum Gasteiger partial charge on any atom is -0.318 e. The molecule has 1 heterocycles. The molecule has 34 heavy (non-hydrogen) atoms. The average molecular weight is 508 g/mol. The van der Waals surface area contributed by atoms with Crippen molar-refractivity contribution < 1.29 is 36.2 Å². The molecular formula is C17H10F6N6O4S. The van der Waals surface area contributed by atoms with Crippen LogP contribution in [0.1, 0.15) is 11.1 Å². The van der Waals surface area contributed by atoms with Gasteiger partial charge in [-0.3, -0.25) is 20.2 Å². The van der Waals surface area contributed by atoms with E-state index in [1.165, 1.54) is 6.26 Å². The Hall–Kier alpha value is -3.89. The molecule has 0 amide bonds. The van der Waals surface area contributed by atoms with Crippen LogP contribution in [0.15, 0.2) is 41.6 Å². The third-order valence-electron chi connectivity index (χ3n) is 4.27. The number of hydrogen-bond acceptors (Lipinski definition) is 8. The quantitative estimate of drug-likeness (QED) is 0.198. The maximum Gasteiger partial charge on any atom is 0.416 e. The smallest absolute Gasteiger partial charge is 0.318 e. The van der Waals surface area contributed by atoms with Gasteiger partial charge in [-0.25, -0.2) is 0 Å². The van der Waals surface area contributed by atoms with Crippen molar-refractivity contribution in [2.24, 2.45) is 0 Å². The van der Waals surface area contributed by atoms with Crippen LogP contribution in [0.5, 0.6) is 0 Å². The predicted octanol–water partition coefficient (Wildman–Crippen LogP) is 5.59. The van der Waals surface area contributed by atoms with E-state index in [0.717, 1.165) is 28.6 Å². The van der Waals surface area contributed by atoms with E-state index < -0.39 is 62.0 Å². The van der Waals surface area contributed by atoms with E-state index >= 15 is 0 Å². The van der Waals surface area contributed by atoms with Crippen molar-refractivity contribution in [1.29, 1.82) is 0 Å². The lowest BCUT2D eigenvalue weighted by atomic mass is 10.1. The highest BCUT2D eigenvalue weighted by molar-refractivity contribution is 7.98. The van der Waals surface area contributed by atoms with E-state index in [4.69, 9.17) is 0 Å². The Balaban J connectivity index is 2.16. The summed E-state index contributed by atoms with van der Waals surface area (Å²) in [6.07, 6.45) is -8.24. The van der Waals surface area contributed by atoms with E-state index in [2.05, 4.69) is 15.4 Å². The molecule has 0 atom stereocenters. The third-order valence-corrected chi connectivity index (χ3v) is 4.80. The first-order valence-corrected chi connectivity index (χ1v) is 9.94. The van der Waals surface area contributed by atoms with Crippen LogP contribution < -0.4 is 5.32 Å². The topological polar surface area (TPSA) is 129 Å². The highest BCUT2D eigenvalue weighted by Crippen LogP contribution is 2.38. The van der Waals surface area contributed by atoms with Crippen LogP contribution in [-0.4, -0.2) is 30.9 Å². The standard InChI is InChI=1S/C17H10F6N6O4S/c1-34-15-25-14(24-10-4-2-8(16(18,19)20)6-12(10)28(30)31)27(26-15)11-5-3-9(17(21,22)23)7-13(11)29(32)33/h2-7H,1H3,(H,24,25,26). The van der Waals surface area contributed by atoms with Crippen molar-refractivity contribution >= 4 is 34.8 Å². The number of nitro groups is 2. The molecule has 0 spiro atoms. The first kappa shape index (κ1) is 24.7. The number of nitrogens with one attached hydrogen (secondary N) is 1. The van der Waals surface area contributed by atoms with Crippen LogP contribution in [0.3, 0.4) is 0 Å². The lowest BCUT2D eigenvalue weighted by Crippen LogP contribution is -2.11. The zero-order valence-corrected chi connectivity index (χ0v) is 17.3. The number of halogens is 6. The molecule has 0 fully saturated rings. The highest BCUT2D eigenvalue weighted by Gasteiger charge is 2.35. The SMILES string of the molecule is CSc1nc(Nc2ccc(C(F)(F)F)cc2[N+](=O)[O-])n(-c2ccc(C(F)(F)F)cc2[N+](=O)[O-])n1. The molecule has 0 saturated heterocycles. The summed E-state index contributed by atoms with van der Waals surface area (Å²) in [4.78, 5) is 24.6. The first-order chi connectivity index (χ1) is 15.7. The molecule has 1 aromatic heterocycles. The van der Waals surface area contributed by atoms with Gasteiger partial charge in [0.1, 0.15) is 11.4 Å². The second-order valence-electron chi connectivity index (χ2n) is 6.40. The van der Waals surface area contributed by atoms with Crippen LogP contribution >= 0.6 is 11.8 Å². The molecule has 0 aliphatic heterocycles. The monoisotopic (exact) mass is 508 g/mol. The number of anilines is 2. The number of aromatic nitrogens is 3. The zero-order chi connectivity index (χ0) is 25.4. The van der Waals surface area contributed by atoms with Gasteiger partial charge < -0.3 is 5.32 Å². The molecule has 0 unspecified atom stereocenters. The molecule has 3 rings (SSSR count). The molecule has 0 radical (unpaired) electrons. The van der Waals surface area contributed by atoms with Gasteiger partial charge in [-0.05, 0) is 30.5 Å². The van der Waals surface area contributed by atoms with Crippen LogP contribution in [0.2, 0.25) is 0 Å². The van der Waals surface area contributed by atoms with Crippen molar-refractivity contribution in [2.45, 2.75) is 17.5 Å². The molecule has 3 aromatic rings. The van der Waals surface area contributed by atoms with Crippen LogP contribution in [-0.2, 0) is 12.4 Å². The van der Waals surface area contributed by atoms with Crippen molar-refractivity contribution in [2.75, 3.05) is 11.6 Å². The minimum absolute atomic E-state index is 0.0359. The molecule has 0 aliphatic carbocycles. The maximum atomic E-state index is 13.0. The normalized spacial score (nSPS) is 12.0. The van der Waals surface area contributed by atoms with Crippen LogP contribution in [0.4, 0.5) is 49.4 Å². The first-order valence-electron chi connectivity index (χ1n) is 8.72. The van der Waals surface area contributed by atoms with Crippen LogP contribution in [0, 0.1) is 20.2 Å². The summed E-state index contributed by atoms with van der Waals surface area (Å²) in [6, 6.07) is 3.18. The largest absolute Gasteiger partial charge is 0.416 e. The number of benzene rings is 2. The molecule has 10 nitrogen and oxygen atoms in total. The van der Waals surface area contributed by atoms with Gasteiger partial charge in [0.05, 0.1) is 21.0 Å². The Morgan fingerprint density at radius 2 is 1.44 bits per heavy atom. The predicted molar refractivity (Wildman–Crippen MR) is 106 cm³/mol. The molecule has 0 saturated carbocycles. The molecule has 0 bridgehead atoms. The van der Waals surface area contributed by atoms with Gasteiger partial charge in [0.2, 0.25) is 11.1 Å². The van der Waals surface area contributed by atoms with Gasteiger partial charge in [0.15, 0.2) is 0 Å².